The maximum absolute atomic E-state index is 5.63. The molecule has 7 heteroatoms. The first-order valence-electron chi connectivity index (χ1n) is 9.54. The number of rotatable bonds is 11. The molecule has 2 rings (SSSR count). The van der Waals surface area contributed by atoms with Crippen molar-refractivity contribution < 1.29 is 14.2 Å². The van der Waals surface area contributed by atoms with Crippen molar-refractivity contribution in [2.75, 3.05) is 40.5 Å². The first-order chi connectivity index (χ1) is 13.8. The van der Waals surface area contributed by atoms with Gasteiger partial charge in [0.2, 0.25) is 0 Å². The summed E-state index contributed by atoms with van der Waals surface area (Å²) in [5.74, 6) is 3.08. The molecule has 0 aliphatic carbocycles. The largest absolute Gasteiger partial charge is 0.493 e. The van der Waals surface area contributed by atoms with E-state index in [0.717, 1.165) is 42.6 Å². The molecule has 0 saturated carbocycles. The highest BCUT2D eigenvalue weighted by Gasteiger charge is 2.05. The molecule has 0 unspecified atom stereocenters. The average Bonchev–Trinajstić information content (AvgIpc) is 2.74. The number of guanidine groups is 1. The molecule has 0 amide bonds. The second kappa shape index (κ2) is 12.4. The van der Waals surface area contributed by atoms with Gasteiger partial charge in [-0.05, 0) is 49.6 Å². The minimum atomic E-state index is 0.540. The molecule has 0 spiro atoms. The zero-order valence-corrected chi connectivity index (χ0v) is 16.9. The van der Waals surface area contributed by atoms with E-state index < -0.39 is 0 Å². The fraction of sp³-hybridized carbons (Fsp3) is 0.429. The third-order valence-electron chi connectivity index (χ3n) is 3.98. The van der Waals surface area contributed by atoms with Gasteiger partial charge in [0.25, 0.3) is 0 Å². The summed E-state index contributed by atoms with van der Waals surface area (Å²) in [5, 5.41) is 6.55. The molecule has 28 heavy (non-hydrogen) atoms. The molecule has 2 N–H and O–H groups in total. The van der Waals surface area contributed by atoms with Gasteiger partial charge in [0.1, 0.15) is 12.4 Å². The lowest BCUT2D eigenvalue weighted by Gasteiger charge is -2.13. The van der Waals surface area contributed by atoms with Crippen LogP contribution in [0.5, 0.6) is 17.2 Å². The molecule has 0 atom stereocenters. The number of aliphatic imine (C=N–C) groups is 1. The molecular formula is C21H30N4O3. The highest BCUT2D eigenvalue weighted by molar-refractivity contribution is 5.79. The van der Waals surface area contributed by atoms with Gasteiger partial charge in [-0.3, -0.25) is 9.98 Å². The van der Waals surface area contributed by atoms with E-state index in [1.54, 1.807) is 26.6 Å². The van der Waals surface area contributed by atoms with Crippen molar-refractivity contribution in [2.24, 2.45) is 4.99 Å². The van der Waals surface area contributed by atoms with E-state index in [1.807, 2.05) is 31.2 Å². The van der Waals surface area contributed by atoms with Crippen molar-refractivity contribution in [3.63, 3.8) is 0 Å². The van der Waals surface area contributed by atoms with E-state index in [9.17, 15) is 0 Å². The fourth-order valence-corrected chi connectivity index (χ4v) is 2.64. The first-order valence-corrected chi connectivity index (χ1v) is 9.54. The molecule has 2 aromatic rings. The third-order valence-corrected chi connectivity index (χ3v) is 3.98. The molecule has 0 saturated heterocycles. The van der Waals surface area contributed by atoms with E-state index in [0.29, 0.717) is 19.8 Å². The molecule has 0 radical (unpaired) electrons. The third kappa shape index (κ3) is 7.34. The minimum absolute atomic E-state index is 0.540. The van der Waals surface area contributed by atoms with Crippen LogP contribution in [-0.4, -0.2) is 51.4 Å². The van der Waals surface area contributed by atoms with Crippen molar-refractivity contribution in [3.05, 3.63) is 48.3 Å². The zero-order valence-electron chi connectivity index (χ0n) is 16.9. The van der Waals surface area contributed by atoms with Gasteiger partial charge in [0, 0.05) is 19.8 Å². The quantitative estimate of drug-likeness (QED) is 0.351. The van der Waals surface area contributed by atoms with Crippen LogP contribution in [0.3, 0.4) is 0 Å². The van der Waals surface area contributed by atoms with E-state index in [-0.39, 0.29) is 0 Å². The molecule has 0 bridgehead atoms. The summed E-state index contributed by atoms with van der Waals surface area (Å²) in [6.45, 7) is 4.60. The molecule has 7 nitrogen and oxygen atoms in total. The van der Waals surface area contributed by atoms with Gasteiger partial charge < -0.3 is 24.8 Å². The van der Waals surface area contributed by atoms with Gasteiger partial charge in [-0.15, -0.1) is 0 Å². The van der Waals surface area contributed by atoms with Crippen molar-refractivity contribution >= 4 is 5.96 Å². The lowest BCUT2D eigenvalue weighted by molar-refractivity contribution is 0.310. The number of hydrogen-bond donors (Lipinski definition) is 2. The number of aryl methyl sites for hydroxylation is 1. The minimum Gasteiger partial charge on any atom is -0.493 e. The Kier molecular flexibility index (Phi) is 9.47. The van der Waals surface area contributed by atoms with Crippen LogP contribution in [-0.2, 0) is 6.42 Å². The van der Waals surface area contributed by atoms with Gasteiger partial charge in [-0.25, -0.2) is 0 Å². The molecule has 0 aliphatic rings. The Labute approximate surface area is 167 Å². The van der Waals surface area contributed by atoms with Crippen LogP contribution in [0, 0.1) is 0 Å². The molecule has 152 valence electrons. The van der Waals surface area contributed by atoms with Gasteiger partial charge >= 0.3 is 0 Å². The second-order valence-corrected chi connectivity index (χ2v) is 5.98. The summed E-state index contributed by atoms with van der Waals surface area (Å²) in [4.78, 5) is 8.25. The summed E-state index contributed by atoms with van der Waals surface area (Å²) in [5.41, 5.74) is 1.22. The van der Waals surface area contributed by atoms with Crippen LogP contribution in [0.1, 0.15) is 18.9 Å². The highest BCUT2D eigenvalue weighted by Crippen LogP contribution is 2.28. The topological polar surface area (TPSA) is 77.0 Å². The monoisotopic (exact) mass is 386 g/mol. The first kappa shape index (κ1) is 21.3. The molecule has 1 aromatic carbocycles. The van der Waals surface area contributed by atoms with E-state index in [1.165, 1.54) is 5.56 Å². The van der Waals surface area contributed by atoms with E-state index >= 15 is 0 Å². The molecule has 1 heterocycles. The number of pyridine rings is 1. The predicted octanol–water partition coefficient (Wildman–Crippen LogP) is 2.67. The maximum atomic E-state index is 5.63. The van der Waals surface area contributed by atoms with E-state index in [2.05, 4.69) is 26.7 Å². The number of hydrogen-bond acceptors (Lipinski definition) is 5. The summed E-state index contributed by atoms with van der Waals surface area (Å²) in [6, 6.07) is 9.81. The van der Waals surface area contributed by atoms with Gasteiger partial charge in [-0.2, -0.15) is 0 Å². The predicted molar refractivity (Wildman–Crippen MR) is 112 cm³/mol. The zero-order chi connectivity index (χ0) is 20.0. The van der Waals surface area contributed by atoms with Gasteiger partial charge in [-0.1, -0.05) is 6.07 Å². The number of ether oxygens (including phenoxy) is 3. The summed E-state index contributed by atoms with van der Waals surface area (Å²) >= 11 is 0. The van der Waals surface area contributed by atoms with E-state index in [4.69, 9.17) is 14.2 Å². The summed E-state index contributed by atoms with van der Waals surface area (Å²) in [6.07, 6.45) is 5.34. The van der Waals surface area contributed by atoms with Crippen LogP contribution < -0.4 is 24.8 Å². The average molecular weight is 386 g/mol. The van der Waals surface area contributed by atoms with Crippen molar-refractivity contribution in [3.8, 4) is 17.2 Å². The molecule has 1 aromatic heterocycles. The van der Waals surface area contributed by atoms with Crippen LogP contribution in [0.15, 0.2) is 47.7 Å². The Hall–Kier alpha value is -2.96. The number of aromatic nitrogens is 1. The summed E-state index contributed by atoms with van der Waals surface area (Å²) in [7, 11) is 3.41. The highest BCUT2D eigenvalue weighted by atomic mass is 16.5. The SMILES string of the molecule is CCOc1cc(CCCNC(=NC)NCCOc2cccnc2)ccc1OC. The number of nitrogens with one attached hydrogen (secondary N) is 2. The number of methoxy groups -OCH3 is 1. The lowest BCUT2D eigenvalue weighted by Crippen LogP contribution is -2.39. The van der Waals surface area contributed by atoms with Crippen molar-refractivity contribution in [1.82, 2.24) is 15.6 Å². The number of nitrogens with zero attached hydrogens (tertiary/aromatic N) is 2. The lowest BCUT2D eigenvalue weighted by atomic mass is 10.1. The van der Waals surface area contributed by atoms with Gasteiger partial charge in [0.05, 0.1) is 26.5 Å². The smallest absolute Gasteiger partial charge is 0.191 e. The van der Waals surface area contributed by atoms with Crippen molar-refractivity contribution in [2.45, 2.75) is 19.8 Å². The molecule has 0 fully saturated rings. The fourth-order valence-electron chi connectivity index (χ4n) is 2.64. The van der Waals surface area contributed by atoms with Crippen LogP contribution in [0.2, 0.25) is 0 Å². The summed E-state index contributed by atoms with van der Waals surface area (Å²) < 4.78 is 16.6. The Bertz CT molecular complexity index is 723. The standard InChI is InChI=1S/C21H30N4O3/c1-4-27-20-15-17(9-10-19(20)26-3)7-5-12-24-21(22-2)25-13-14-28-18-8-6-11-23-16-18/h6,8-11,15-16H,4-5,7,12-14H2,1-3H3,(H2,22,24,25). The van der Waals surface area contributed by atoms with Crippen LogP contribution >= 0.6 is 0 Å². The Balaban J connectivity index is 1.66. The van der Waals surface area contributed by atoms with Gasteiger partial charge in [0.15, 0.2) is 17.5 Å². The number of benzene rings is 1. The normalized spacial score (nSPS) is 11.0. The van der Waals surface area contributed by atoms with Crippen LogP contribution in [0.4, 0.5) is 0 Å². The Morgan fingerprint density at radius 2 is 1.96 bits per heavy atom. The Morgan fingerprint density at radius 3 is 2.68 bits per heavy atom. The maximum Gasteiger partial charge on any atom is 0.191 e. The second-order valence-electron chi connectivity index (χ2n) is 5.98. The molecular weight excluding hydrogens is 356 g/mol. The Morgan fingerprint density at radius 1 is 1.11 bits per heavy atom. The van der Waals surface area contributed by atoms with Crippen molar-refractivity contribution in [1.29, 1.82) is 0 Å². The molecule has 0 aliphatic heterocycles. The van der Waals surface area contributed by atoms with Crippen LogP contribution in [0.25, 0.3) is 0 Å².